The first-order valence-corrected chi connectivity index (χ1v) is 12.2. The molecule has 0 spiro atoms. The van der Waals surface area contributed by atoms with Gasteiger partial charge in [-0.15, -0.1) is 0 Å². The molecule has 0 aliphatic carbocycles. The number of rotatable bonds is 28. The van der Waals surface area contributed by atoms with Gasteiger partial charge in [0.25, 0.3) is 0 Å². The molecule has 0 atom stereocenters. The molecule has 0 heterocycles. The standard InChI is InChI=1S/C24H46O9/c1-2-24(26)33-23-9-22-32-21-8-20-31-19-7-18-30-17-6-16-29-15-5-14-28-13-4-12-27-11-3-10-25/h2,25H,1,3-23H2. The molecule has 0 amide bonds. The lowest BCUT2D eigenvalue weighted by Gasteiger charge is -2.08. The Bertz CT molecular complexity index is 407. The third kappa shape index (κ3) is 28.9. The predicted molar refractivity (Wildman–Crippen MR) is 125 cm³/mol. The summed E-state index contributed by atoms with van der Waals surface area (Å²) in [6, 6.07) is 0. The van der Waals surface area contributed by atoms with Crippen molar-refractivity contribution >= 4 is 5.97 Å². The van der Waals surface area contributed by atoms with Gasteiger partial charge in [0.05, 0.1) is 6.61 Å². The molecular formula is C24H46O9. The second-order valence-electron chi connectivity index (χ2n) is 7.24. The van der Waals surface area contributed by atoms with E-state index in [1.54, 1.807) is 0 Å². The number of aliphatic hydroxyl groups is 1. The maximum atomic E-state index is 10.8. The first kappa shape index (κ1) is 31.9. The average molecular weight is 479 g/mol. The summed E-state index contributed by atoms with van der Waals surface area (Å²) < 4.78 is 37.8. The van der Waals surface area contributed by atoms with Crippen molar-refractivity contribution in [3.8, 4) is 0 Å². The highest BCUT2D eigenvalue weighted by molar-refractivity contribution is 5.81. The summed E-state index contributed by atoms with van der Waals surface area (Å²) in [5, 5.41) is 8.63. The van der Waals surface area contributed by atoms with E-state index in [1.165, 1.54) is 0 Å². The van der Waals surface area contributed by atoms with E-state index in [1.807, 2.05) is 0 Å². The van der Waals surface area contributed by atoms with Crippen molar-refractivity contribution in [3.05, 3.63) is 12.7 Å². The molecule has 0 saturated carbocycles. The van der Waals surface area contributed by atoms with Crippen LogP contribution in [0.25, 0.3) is 0 Å². The Kier molecular flexibility index (Phi) is 28.0. The molecule has 0 fully saturated rings. The van der Waals surface area contributed by atoms with E-state index >= 15 is 0 Å². The summed E-state index contributed by atoms with van der Waals surface area (Å²) in [4.78, 5) is 10.8. The quantitative estimate of drug-likeness (QED) is 0.103. The van der Waals surface area contributed by atoms with Crippen LogP contribution in [0.4, 0.5) is 0 Å². The van der Waals surface area contributed by atoms with Crippen LogP contribution in [-0.2, 0) is 38.0 Å². The van der Waals surface area contributed by atoms with E-state index in [0.29, 0.717) is 98.7 Å². The lowest BCUT2D eigenvalue weighted by molar-refractivity contribution is -0.138. The second-order valence-corrected chi connectivity index (χ2v) is 7.24. The zero-order valence-corrected chi connectivity index (χ0v) is 20.3. The highest BCUT2D eigenvalue weighted by Gasteiger charge is 1.97. The number of esters is 1. The first-order chi connectivity index (χ1) is 16.3. The summed E-state index contributed by atoms with van der Waals surface area (Å²) in [7, 11) is 0. The van der Waals surface area contributed by atoms with Crippen LogP contribution in [-0.4, -0.2) is 104 Å². The smallest absolute Gasteiger partial charge is 0.330 e. The average Bonchev–Trinajstić information content (AvgIpc) is 2.83. The normalized spacial score (nSPS) is 11.1. The maximum absolute atomic E-state index is 10.8. The van der Waals surface area contributed by atoms with Gasteiger partial charge in [0, 0.05) is 98.4 Å². The number of hydrogen-bond donors (Lipinski definition) is 1. The van der Waals surface area contributed by atoms with Crippen molar-refractivity contribution in [1.82, 2.24) is 0 Å². The SMILES string of the molecule is C=CC(=O)OCCCOCCCOCCCOCCCOCCCOCCCOCCCO. The Morgan fingerprint density at radius 2 is 0.788 bits per heavy atom. The minimum absolute atomic E-state index is 0.178. The molecule has 9 heteroatoms. The van der Waals surface area contributed by atoms with Crippen molar-refractivity contribution in [1.29, 1.82) is 0 Å². The number of carbonyl (C=O) groups is 1. The summed E-state index contributed by atoms with van der Waals surface area (Å²) in [5.74, 6) is -0.400. The van der Waals surface area contributed by atoms with Gasteiger partial charge >= 0.3 is 5.97 Å². The van der Waals surface area contributed by atoms with E-state index in [2.05, 4.69) is 6.58 Å². The van der Waals surface area contributed by atoms with Crippen molar-refractivity contribution in [2.75, 3.05) is 92.5 Å². The van der Waals surface area contributed by atoms with Gasteiger partial charge in [-0.1, -0.05) is 6.58 Å². The highest BCUT2D eigenvalue weighted by atomic mass is 16.5. The third-order valence-corrected chi connectivity index (χ3v) is 4.18. The number of carbonyl (C=O) groups excluding carboxylic acids is 1. The van der Waals surface area contributed by atoms with Crippen LogP contribution in [0, 0.1) is 0 Å². The molecule has 0 aromatic rings. The van der Waals surface area contributed by atoms with E-state index in [0.717, 1.165) is 38.2 Å². The van der Waals surface area contributed by atoms with Gasteiger partial charge in [0.2, 0.25) is 0 Å². The van der Waals surface area contributed by atoms with Gasteiger partial charge in [0.1, 0.15) is 0 Å². The number of ether oxygens (including phenoxy) is 7. The molecule has 0 bridgehead atoms. The molecule has 33 heavy (non-hydrogen) atoms. The molecule has 0 saturated heterocycles. The fourth-order valence-corrected chi connectivity index (χ4v) is 2.49. The topological polar surface area (TPSA) is 102 Å². The molecule has 0 aromatic carbocycles. The summed E-state index contributed by atoms with van der Waals surface area (Å²) >= 11 is 0. The van der Waals surface area contributed by atoms with E-state index in [9.17, 15) is 4.79 Å². The number of aliphatic hydroxyl groups excluding tert-OH is 1. The molecule has 0 unspecified atom stereocenters. The molecular weight excluding hydrogens is 432 g/mol. The molecule has 0 aliphatic rings. The Morgan fingerprint density at radius 3 is 1.06 bits per heavy atom. The molecule has 9 nitrogen and oxygen atoms in total. The molecule has 0 aliphatic heterocycles. The highest BCUT2D eigenvalue weighted by Crippen LogP contribution is 1.94. The number of hydrogen-bond acceptors (Lipinski definition) is 9. The summed E-state index contributed by atoms with van der Waals surface area (Å²) in [6.45, 7) is 11.9. The third-order valence-electron chi connectivity index (χ3n) is 4.18. The van der Waals surface area contributed by atoms with Crippen LogP contribution in [0.3, 0.4) is 0 Å². The van der Waals surface area contributed by atoms with Gasteiger partial charge in [0.15, 0.2) is 0 Å². The van der Waals surface area contributed by atoms with Crippen LogP contribution in [0.15, 0.2) is 12.7 Å². The first-order valence-electron chi connectivity index (χ1n) is 12.2. The Labute approximate surface area is 199 Å². The minimum Gasteiger partial charge on any atom is -0.462 e. The van der Waals surface area contributed by atoms with Crippen molar-refractivity contribution in [2.24, 2.45) is 0 Å². The lowest BCUT2D eigenvalue weighted by Crippen LogP contribution is -2.08. The van der Waals surface area contributed by atoms with Gasteiger partial charge < -0.3 is 38.3 Å². The van der Waals surface area contributed by atoms with Gasteiger partial charge in [-0.05, 0) is 38.5 Å². The van der Waals surface area contributed by atoms with Crippen molar-refractivity contribution in [2.45, 2.75) is 44.9 Å². The predicted octanol–water partition coefficient (Wildman–Crippen LogP) is 2.54. The van der Waals surface area contributed by atoms with Gasteiger partial charge in [-0.25, -0.2) is 4.79 Å². The molecule has 0 radical (unpaired) electrons. The van der Waals surface area contributed by atoms with Gasteiger partial charge in [-0.2, -0.15) is 0 Å². The van der Waals surface area contributed by atoms with Crippen molar-refractivity contribution < 1.29 is 43.1 Å². The monoisotopic (exact) mass is 478 g/mol. The zero-order valence-electron chi connectivity index (χ0n) is 20.3. The minimum atomic E-state index is -0.400. The molecule has 1 N–H and O–H groups in total. The van der Waals surface area contributed by atoms with Crippen LogP contribution in [0.5, 0.6) is 0 Å². The lowest BCUT2D eigenvalue weighted by atomic mass is 10.4. The molecule has 196 valence electrons. The second kappa shape index (κ2) is 29.0. The molecule has 0 aromatic heterocycles. The van der Waals surface area contributed by atoms with Gasteiger partial charge in [-0.3, -0.25) is 0 Å². The van der Waals surface area contributed by atoms with Crippen LogP contribution in [0.2, 0.25) is 0 Å². The maximum Gasteiger partial charge on any atom is 0.330 e. The van der Waals surface area contributed by atoms with E-state index < -0.39 is 5.97 Å². The summed E-state index contributed by atoms with van der Waals surface area (Å²) in [5.41, 5.74) is 0. The van der Waals surface area contributed by atoms with Crippen LogP contribution < -0.4 is 0 Å². The van der Waals surface area contributed by atoms with Crippen molar-refractivity contribution in [3.63, 3.8) is 0 Å². The largest absolute Gasteiger partial charge is 0.462 e. The fourth-order valence-electron chi connectivity index (χ4n) is 2.49. The Hall–Kier alpha value is -1.07. The van der Waals surface area contributed by atoms with E-state index in [-0.39, 0.29) is 6.61 Å². The fraction of sp³-hybridized carbons (Fsp3) is 0.875. The van der Waals surface area contributed by atoms with Crippen LogP contribution in [0.1, 0.15) is 44.9 Å². The Morgan fingerprint density at radius 1 is 0.515 bits per heavy atom. The van der Waals surface area contributed by atoms with Crippen LogP contribution >= 0.6 is 0 Å². The van der Waals surface area contributed by atoms with E-state index in [4.69, 9.17) is 38.3 Å². The Balaban J connectivity index is 3.02. The zero-order chi connectivity index (χ0) is 24.1. The summed E-state index contributed by atoms with van der Waals surface area (Å²) in [6.07, 6.45) is 6.90. The molecule has 0 rings (SSSR count).